The van der Waals surface area contributed by atoms with E-state index in [2.05, 4.69) is 10.6 Å². The lowest BCUT2D eigenvalue weighted by atomic mass is 10.0. The molecule has 2 N–H and O–H groups in total. The maximum absolute atomic E-state index is 12.6. The van der Waals surface area contributed by atoms with Crippen LogP contribution in [-0.2, 0) is 17.5 Å². The highest BCUT2D eigenvalue weighted by molar-refractivity contribution is 5.97. The van der Waals surface area contributed by atoms with E-state index in [9.17, 15) is 22.8 Å². The lowest BCUT2D eigenvalue weighted by molar-refractivity contribution is -0.137. The largest absolute Gasteiger partial charge is 0.467 e. The highest BCUT2D eigenvalue weighted by Crippen LogP contribution is 2.29. The molecule has 0 spiro atoms. The van der Waals surface area contributed by atoms with Gasteiger partial charge >= 0.3 is 6.18 Å². The molecule has 2 rings (SSSR count). The van der Waals surface area contributed by atoms with E-state index in [1.54, 1.807) is 26.0 Å². The van der Waals surface area contributed by atoms with E-state index in [-0.39, 0.29) is 18.0 Å². The van der Waals surface area contributed by atoms with E-state index >= 15 is 0 Å². The number of rotatable bonds is 6. The number of alkyl halides is 3. The summed E-state index contributed by atoms with van der Waals surface area (Å²) in [6.45, 7) is 3.68. The van der Waals surface area contributed by atoms with E-state index in [0.29, 0.717) is 5.76 Å². The summed E-state index contributed by atoms with van der Waals surface area (Å²) in [5.41, 5.74) is -0.798. The first-order chi connectivity index (χ1) is 12.2. The van der Waals surface area contributed by atoms with E-state index in [1.807, 2.05) is 0 Å². The van der Waals surface area contributed by atoms with Gasteiger partial charge in [-0.25, -0.2) is 0 Å². The number of amides is 2. The Kier molecular flexibility index (Phi) is 6.07. The van der Waals surface area contributed by atoms with Crippen molar-refractivity contribution in [3.63, 3.8) is 0 Å². The summed E-state index contributed by atoms with van der Waals surface area (Å²) in [5.74, 6) is -0.679. The van der Waals surface area contributed by atoms with E-state index in [1.165, 1.54) is 6.26 Å². The molecule has 1 aromatic heterocycles. The molecule has 1 atom stereocenters. The monoisotopic (exact) mass is 368 g/mol. The summed E-state index contributed by atoms with van der Waals surface area (Å²) in [6, 6.07) is 6.37. The SMILES string of the molecule is CC(C)[C@H](NC(=O)c1ccc(C(F)(F)F)cc1)C(=O)NCc1ccco1. The number of nitrogens with one attached hydrogen (secondary N) is 2. The molecule has 8 heteroatoms. The van der Waals surface area contributed by atoms with Crippen LogP contribution in [0.25, 0.3) is 0 Å². The number of halogens is 3. The Morgan fingerprint density at radius 2 is 1.77 bits per heavy atom. The van der Waals surface area contributed by atoms with Crippen molar-refractivity contribution < 1.29 is 27.2 Å². The first kappa shape index (κ1) is 19.6. The summed E-state index contributed by atoms with van der Waals surface area (Å²) < 4.78 is 42.9. The first-order valence-electron chi connectivity index (χ1n) is 7.96. The number of hydrogen-bond acceptors (Lipinski definition) is 3. The zero-order chi connectivity index (χ0) is 19.3. The number of carbonyl (C=O) groups is 2. The Bertz CT molecular complexity index is 738. The molecular formula is C18H19F3N2O3. The zero-order valence-corrected chi connectivity index (χ0v) is 14.3. The molecule has 0 fully saturated rings. The smallest absolute Gasteiger partial charge is 0.416 e. The third kappa shape index (κ3) is 5.11. The van der Waals surface area contributed by atoms with Crippen molar-refractivity contribution in [1.82, 2.24) is 10.6 Å². The van der Waals surface area contributed by atoms with Crippen LogP contribution in [0, 0.1) is 5.92 Å². The maximum atomic E-state index is 12.6. The van der Waals surface area contributed by atoms with Gasteiger partial charge in [-0.05, 0) is 42.3 Å². The van der Waals surface area contributed by atoms with Crippen molar-refractivity contribution in [2.45, 2.75) is 32.6 Å². The van der Waals surface area contributed by atoms with Crippen LogP contribution >= 0.6 is 0 Å². The van der Waals surface area contributed by atoms with Crippen LogP contribution in [-0.4, -0.2) is 17.9 Å². The van der Waals surface area contributed by atoms with Gasteiger partial charge in [0.25, 0.3) is 5.91 Å². The predicted octanol–water partition coefficient (Wildman–Crippen LogP) is 3.37. The standard InChI is InChI=1S/C18H19F3N2O3/c1-11(2)15(17(25)22-10-14-4-3-9-26-14)23-16(24)12-5-7-13(8-6-12)18(19,20)21/h3-9,11,15H,10H2,1-2H3,(H,22,25)(H,23,24)/t15-/m0/s1. The van der Waals surface area contributed by atoms with Crippen LogP contribution in [0.15, 0.2) is 47.1 Å². The molecule has 5 nitrogen and oxygen atoms in total. The topological polar surface area (TPSA) is 71.3 Å². The Balaban J connectivity index is 2.01. The van der Waals surface area contributed by atoms with Crippen LogP contribution in [0.4, 0.5) is 13.2 Å². The third-order valence-corrected chi connectivity index (χ3v) is 3.73. The predicted molar refractivity (Wildman–Crippen MR) is 88.1 cm³/mol. The van der Waals surface area contributed by atoms with Gasteiger partial charge in [-0.1, -0.05) is 13.8 Å². The fraction of sp³-hybridized carbons (Fsp3) is 0.333. The summed E-state index contributed by atoms with van der Waals surface area (Å²) >= 11 is 0. The van der Waals surface area contributed by atoms with Crippen LogP contribution in [0.2, 0.25) is 0 Å². The molecule has 1 heterocycles. The molecule has 1 aromatic carbocycles. The lowest BCUT2D eigenvalue weighted by Gasteiger charge is -2.21. The van der Waals surface area contributed by atoms with Crippen molar-refractivity contribution in [3.8, 4) is 0 Å². The molecule has 0 aliphatic rings. The molecule has 0 unspecified atom stereocenters. The second kappa shape index (κ2) is 8.07. The molecule has 0 bridgehead atoms. The third-order valence-electron chi connectivity index (χ3n) is 3.73. The van der Waals surface area contributed by atoms with Crippen molar-refractivity contribution >= 4 is 11.8 Å². The molecular weight excluding hydrogens is 349 g/mol. The second-order valence-electron chi connectivity index (χ2n) is 6.07. The van der Waals surface area contributed by atoms with Gasteiger partial charge in [0, 0.05) is 5.56 Å². The molecule has 0 aliphatic carbocycles. The molecule has 2 aromatic rings. The minimum Gasteiger partial charge on any atom is -0.467 e. The molecule has 0 saturated carbocycles. The van der Waals surface area contributed by atoms with E-state index < -0.39 is 29.6 Å². The Morgan fingerprint density at radius 1 is 1.12 bits per heavy atom. The highest BCUT2D eigenvalue weighted by Gasteiger charge is 2.30. The van der Waals surface area contributed by atoms with Crippen LogP contribution in [0.3, 0.4) is 0 Å². The van der Waals surface area contributed by atoms with Crippen molar-refractivity contribution in [2.24, 2.45) is 5.92 Å². The van der Waals surface area contributed by atoms with E-state index in [0.717, 1.165) is 24.3 Å². The van der Waals surface area contributed by atoms with Gasteiger partial charge in [0.05, 0.1) is 18.4 Å². The lowest BCUT2D eigenvalue weighted by Crippen LogP contribution is -2.49. The van der Waals surface area contributed by atoms with E-state index in [4.69, 9.17) is 4.42 Å². The van der Waals surface area contributed by atoms with Gasteiger partial charge in [0.1, 0.15) is 11.8 Å². The average Bonchev–Trinajstić information content (AvgIpc) is 3.10. The van der Waals surface area contributed by atoms with Gasteiger partial charge in [0.15, 0.2) is 0 Å². The summed E-state index contributed by atoms with van der Waals surface area (Å²) in [7, 11) is 0. The molecule has 140 valence electrons. The Hall–Kier alpha value is -2.77. The van der Waals surface area contributed by atoms with Crippen molar-refractivity contribution in [2.75, 3.05) is 0 Å². The normalized spacial score (nSPS) is 12.7. The van der Waals surface area contributed by atoms with Crippen LogP contribution in [0.1, 0.15) is 35.5 Å². The summed E-state index contributed by atoms with van der Waals surface area (Å²) in [4.78, 5) is 24.6. The van der Waals surface area contributed by atoms with Gasteiger partial charge in [0.2, 0.25) is 5.91 Å². The molecule has 0 aliphatic heterocycles. The molecule has 0 radical (unpaired) electrons. The van der Waals surface area contributed by atoms with Gasteiger partial charge in [-0.3, -0.25) is 9.59 Å². The van der Waals surface area contributed by atoms with Crippen LogP contribution in [0.5, 0.6) is 0 Å². The van der Waals surface area contributed by atoms with Gasteiger partial charge in [-0.2, -0.15) is 13.2 Å². The maximum Gasteiger partial charge on any atom is 0.416 e. The number of carbonyl (C=O) groups excluding carboxylic acids is 2. The molecule has 2 amide bonds. The zero-order valence-electron chi connectivity index (χ0n) is 14.3. The van der Waals surface area contributed by atoms with Crippen molar-refractivity contribution in [3.05, 3.63) is 59.5 Å². The minimum absolute atomic E-state index is 0.0440. The number of furan rings is 1. The fourth-order valence-corrected chi connectivity index (χ4v) is 2.27. The van der Waals surface area contributed by atoms with Crippen LogP contribution < -0.4 is 10.6 Å². The average molecular weight is 368 g/mol. The molecule has 26 heavy (non-hydrogen) atoms. The second-order valence-corrected chi connectivity index (χ2v) is 6.07. The molecule has 0 saturated heterocycles. The minimum atomic E-state index is -4.47. The number of benzene rings is 1. The first-order valence-corrected chi connectivity index (χ1v) is 7.96. The fourth-order valence-electron chi connectivity index (χ4n) is 2.27. The number of hydrogen-bond donors (Lipinski definition) is 2. The summed E-state index contributed by atoms with van der Waals surface area (Å²) in [6.07, 6.45) is -2.99. The Morgan fingerprint density at radius 3 is 2.27 bits per heavy atom. The summed E-state index contributed by atoms with van der Waals surface area (Å²) in [5, 5.41) is 5.21. The van der Waals surface area contributed by atoms with Crippen molar-refractivity contribution in [1.29, 1.82) is 0 Å². The highest BCUT2D eigenvalue weighted by atomic mass is 19.4. The Labute approximate surface area is 148 Å². The quantitative estimate of drug-likeness (QED) is 0.821. The van der Waals surface area contributed by atoms with Gasteiger partial charge < -0.3 is 15.1 Å². The van der Waals surface area contributed by atoms with Gasteiger partial charge in [-0.15, -0.1) is 0 Å².